The standard InChI is InChI=1S/C20H18N2O3S/c1-2-15-25-17-10-8-16(9-11-17)12-14-22-26(23,24)20-7-3-6-19-18(20)5-4-13-21-19/h1,3-11,13,22H,12,14-15H2. The minimum atomic E-state index is -3.61. The number of terminal acetylenes is 1. The van der Waals surface area contributed by atoms with E-state index in [1.54, 1.807) is 36.5 Å². The quantitative estimate of drug-likeness (QED) is 0.653. The smallest absolute Gasteiger partial charge is 0.241 e. The van der Waals surface area contributed by atoms with E-state index in [0.717, 1.165) is 5.56 Å². The van der Waals surface area contributed by atoms with Gasteiger partial charge in [0, 0.05) is 18.1 Å². The molecule has 0 bridgehead atoms. The first-order chi connectivity index (χ1) is 12.6. The van der Waals surface area contributed by atoms with Gasteiger partial charge in [-0.05, 0) is 48.4 Å². The van der Waals surface area contributed by atoms with Crippen molar-refractivity contribution in [2.24, 2.45) is 0 Å². The van der Waals surface area contributed by atoms with E-state index in [1.807, 2.05) is 24.3 Å². The summed E-state index contributed by atoms with van der Waals surface area (Å²) in [5.41, 5.74) is 1.65. The Hall–Kier alpha value is -2.88. The van der Waals surface area contributed by atoms with Crippen molar-refractivity contribution in [2.45, 2.75) is 11.3 Å². The second-order valence-electron chi connectivity index (χ2n) is 5.61. The van der Waals surface area contributed by atoms with Crippen molar-refractivity contribution in [1.29, 1.82) is 0 Å². The van der Waals surface area contributed by atoms with Crippen LogP contribution in [-0.2, 0) is 16.4 Å². The average Bonchev–Trinajstić information content (AvgIpc) is 2.67. The molecule has 1 heterocycles. The van der Waals surface area contributed by atoms with E-state index >= 15 is 0 Å². The molecule has 6 heteroatoms. The number of ether oxygens (including phenoxy) is 1. The van der Waals surface area contributed by atoms with Crippen molar-refractivity contribution in [3.05, 3.63) is 66.4 Å². The molecule has 0 aliphatic carbocycles. The molecule has 0 spiro atoms. The molecule has 26 heavy (non-hydrogen) atoms. The first-order valence-corrected chi connectivity index (χ1v) is 9.57. The van der Waals surface area contributed by atoms with Crippen LogP contribution in [0, 0.1) is 12.3 Å². The zero-order chi connectivity index (χ0) is 18.4. The van der Waals surface area contributed by atoms with Gasteiger partial charge in [-0.25, -0.2) is 13.1 Å². The van der Waals surface area contributed by atoms with Crippen LogP contribution in [0.4, 0.5) is 0 Å². The van der Waals surface area contributed by atoms with Gasteiger partial charge in [0.15, 0.2) is 0 Å². The molecule has 0 fully saturated rings. The molecule has 0 radical (unpaired) electrons. The molecular formula is C20H18N2O3S. The summed E-state index contributed by atoms with van der Waals surface area (Å²) in [6.45, 7) is 0.516. The third-order valence-corrected chi connectivity index (χ3v) is 5.37. The van der Waals surface area contributed by atoms with E-state index in [-0.39, 0.29) is 11.5 Å². The summed E-state index contributed by atoms with van der Waals surface area (Å²) < 4.78 is 33.2. The van der Waals surface area contributed by atoms with Gasteiger partial charge in [0.2, 0.25) is 10.0 Å². The van der Waals surface area contributed by atoms with E-state index in [2.05, 4.69) is 15.6 Å². The summed E-state index contributed by atoms with van der Waals surface area (Å²) in [4.78, 5) is 4.43. The molecule has 0 aliphatic rings. The number of nitrogens with zero attached hydrogens (tertiary/aromatic N) is 1. The maximum Gasteiger partial charge on any atom is 0.241 e. The van der Waals surface area contributed by atoms with Crippen LogP contribution in [0.25, 0.3) is 10.9 Å². The van der Waals surface area contributed by atoms with E-state index < -0.39 is 10.0 Å². The maximum atomic E-state index is 12.6. The third-order valence-electron chi connectivity index (χ3n) is 3.85. The Kier molecular flexibility index (Phi) is 5.52. The van der Waals surface area contributed by atoms with E-state index in [0.29, 0.717) is 29.6 Å². The number of hydrogen-bond acceptors (Lipinski definition) is 4. The fraction of sp³-hybridized carbons (Fsp3) is 0.150. The number of nitrogens with one attached hydrogen (secondary N) is 1. The van der Waals surface area contributed by atoms with Crippen LogP contribution in [0.1, 0.15) is 5.56 Å². The highest BCUT2D eigenvalue weighted by Crippen LogP contribution is 2.21. The predicted octanol–water partition coefficient (Wildman–Crippen LogP) is 2.77. The normalized spacial score (nSPS) is 11.2. The first-order valence-electron chi connectivity index (χ1n) is 8.09. The van der Waals surface area contributed by atoms with Crippen LogP contribution in [-0.4, -0.2) is 26.6 Å². The van der Waals surface area contributed by atoms with E-state index in [1.165, 1.54) is 0 Å². The summed E-state index contributed by atoms with van der Waals surface area (Å²) in [6, 6.07) is 16.0. The molecule has 132 valence electrons. The highest BCUT2D eigenvalue weighted by molar-refractivity contribution is 7.89. The molecule has 0 atom stereocenters. The van der Waals surface area contributed by atoms with Gasteiger partial charge in [0.1, 0.15) is 12.4 Å². The highest BCUT2D eigenvalue weighted by atomic mass is 32.2. The molecular weight excluding hydrogens is 348 g/mol. The van der Waals surface area contributed by atoms with Gasteiger partial charge in [-0.1, -0.05) is 24.1 Å². The van der Waals surface area contributed by atoms with Gasteiger partial charge < -0.3 is 4.74 Å². The lowest BCUT2D eigenvalue weighted by molar-refractivity contribution is 0.370. The zero-order valence-corrected chi connectivity index (χ0v) is 14.9. The molecule has 1 N–H and O–H groups in total. The molecule has 0 saturated carbocycles. The van der Waals surface area contributed by atoms with Gasteiger partial charge in [-0.3, -0.25) is 4.98 Å². The molecule has 3 rings (SSSR count). The summed E-state index contributed by atoms with van der Waals surface area (Å²) in [5.74, 6) is 3.10. The molecule has 2 aromatic carbocycles. The van der Waals surface area contributed by atoms with Crippen molar-refractivity contribution in [3.8, 4) is 18.1 Å². The van der Waals surface area contributed by atoms with E-state index in [4.69, 9.17) is 11.2 Å². The molecule has 5 nitrogen and oxygen atoms in total. The number of aromatic nitrogens is 1. The number of rotatable bonds is 7. The van der Waals surface area contributed by atoms with Crippen molar-refractivity contribution in [2.75, 3.05) is 13.2 Å². The lowest BCUT2D eigenvalue weighted by atomic mass is 10.1. The summed E-state index contributed by atoms with van der Waals surface area (Å²) in [7, 11) is -3.61. The van der Waals surface area contributed by atoms with Gasteiger partial charge in [-0.15, -0.1) is 6.42 Å². The largest absolute Gasteiger partial charge is 0.481 e. The maximum absolute atomic E-state index is 12.6. The van der Waals surface area contributed by atoms with Crippen LogP contribution < -0.4 is 9.46 Å². The average molecular weight is 366 g/mol. The Bertz CT molecular complexity index is 1030. The monoisotopic (exact) mass is 366 g/mol. The fourth-order valence-electron chi connectivity index (χ4n) is 2.59. The van der Waals surface area contributed by atoms with Crippen LogP contribution in [0.3, 0.4) is 0 Å². The summed E-state index contributed by atoms with van der Waals surface area (Å²) in [5, 5.41) is 0.609. The Morgan fingerprint density at radius 3 is 2.65 bits per heavy atom. The van der Waals surface area contributed by atoms with Crippen LogP contribution in [0.5, 0.6) is 5.75 Å². The molecule has 0 unspecified atom stereocenters. The van der Waals surface area contributed by atoms with Crippen molar-refractivity contribution >= 4 is 20.9 Å². The second-order valence-corrected chi connectivity index (χ2v) is 7.35. The summed E-state index contributed by atoms with van der Waals surface area (Å²) in [6.07, 6.45) is 7.36. The van der Waals surface area contributed by atoms with Gasteiger partial charge >= 0.3 is 0 Å². The van der Waals surface area contributed by atoms with Crippen molar-refractivity contribution < 1.29 is 13.2 Å². The minimum Gasteiger partial charge on any atom is -0.481 e. The Balaban J connectivity index is 1.66. The van der Waals surface area contributed by atoms with Gasteiger partial charge in [0.25, 0.3) is 0 Å². The summed E-state index contributed by atoms with van der Waals surface area (Å²) >= 11 is 0. The Morgan fingerprint density at radius 2 is 1.88 bits per heavy atom. The predicted molar refractivity (Wildman–Crippen MR) is 101 cm³/mol. The first kappa shape index (κ1) is 17.9. The lowest BCUT2D eigenvalue weighted by Gasteiger charge is -2.09. The zero-order valence-electron chi connectivity index (χ0n) is 14.1. The topological polar surface area (TPSA) is 68.3 Å². The number of pyridine rings is 1. The molecule has 1 aromatic heterocycles. The minimum absolute atomic E-state index is 0.221. The SMILES string of the molecule is C#CCOc1ccc(CCNS(=O)(=O)c2cccc3ncccc23)cc1. The third kappa shape index (κ3) is 4.20. The Morgan fingerprint density at radius 1 is 1.08 bits per heavy atom. The second kappa shape index (κ2) is 8.00. The van der Waals surface area contributed by atoms with Crippen LogP contribution >= 0.6 is 0 Å². The van der Waals surface area contributed by atoms with Gasteiger partial charge in [-0.2, -0.15) is 0 Å². The van der Waals surface area contributed by atoms with Gasteiger partial charge in [0.05, 0.1) is 10.4 Å². The number of sulfonamides is 1. The van der Waals surface area contributed by atoms with Crippen molar-refractivity contribution in [1.82, 2.24) is 9.71 Å². The molecule has 0 amide bonds. The number of benzene rings is 2. The number of hydrogen-bond donors (Lipinski definition) is 1. The molecule has 0 aliphatic heterocycles. The number of fused-ring (bicyclic) bond motifs is 1. The fourth-order valence-corrected chi connectivity index (χ4v) is 3.84. The van der Waals surface area contributed by atoms with E-state index in [9.17, 15) is 8.42 Å². The lowest BCUT2D eigenvalue weighted by Crippen LogP contribution is -2.26. The van der Waals surface area contributed by atoms with Crippen LogP contribution in [0.2, 0.25) is 0 Å². The molecule has 3 aromatic rings. The highest BCUT2D eigenvalue weighted by Gasteiger charge is 2.16. The van der Waals surface area contributed by atoms with Crippen LogP contribution in [0.15, 0.2) is 65.7 Å². The molecule has 0 saturated heterocycles. The van der Waals surface area contributed by atoms with Crippen molar-refractivity contribution in [3.63, 3.8) is 0 Å². The Labute approximate surface area is 153 Å².